The molecule has 1 aliphatic rings. The first-order valence-corrected chi connectivity index (χ1v) is 11.2. The van der Waals surface area contributed by atoms with Gasteiger partial charge in [0.2, 0.25) is 0 Å². The molecule has 140 valence electrons. The highest BCUT2D eigenvalue weighted by molar-refractivity contribution is 8.14. The van der Waals surface area contributed by atoms with Crippen molar-refractivity contribution in [3.05, 3.63) is 53.1 Å². The fourth-order valence-electron chi connectivity index (χ4n) is 2.86. The van der Waals surface area contributed by atoms with Crippen molar-refractivity contribution in [3.63, 3.8) is 0 Å². The molecule has 0 saturated carbocycles. The standard InChI is InChI=1S/C20H21ClN4S2/c1-2-15-12-26-20(23-15)24-16-6-3-13(4-7-16)9-10-22-19-25-17-8-5-14(21)11-18(17)27-19/h3-8,11,15H,2,9-10,12H2,1H3,(H,22,25)(H,23,24). The number of aliphatic imine (C=N–C) groups is 1. The molecule has 1 aromatic heterocycles. The van der Waals surface area contributed by atoms with Gasteiger partial charge < -0.3 is 10.6 Å². The van der Waals surface area contributed by atoms with Gasteiger partial charge in [-0.1, -0.05) is 53.8 Å². The van der Waals surface area contributed by atoms with Crippen LogP contribution in [-0.4, -0.2) is 28.5 Å². The van der Waals surface area contributed by atoms with Crippen molar-refractivity contribution < 1.29 is 0 Å². The number of nitrogens with one attached hydrogen (secondary N) is 2. The first-order valence-electron chi connectivity index (χ1n) is 9.06. The number of hydrogen-bond acceptors (Lipinski definition) is 6. The van der Waals surface area contributed by atoms with Crippen LogP contribution in [0.3, 0.4) is 0 Å². The maximum atomic E-state index is 6.04. The molecule has 2 aromatic carbocycles. The van der Waals surface area contributed by atoms with Gasteiger partial charge in [0.25, 0.3) is 0 Å². The topological polar surface area (TPSA) is 49.3 Å². The molecule has 4 nitrogen and oxygen atoms in total. The number of thiazole rings is 1. The minimum Gasteiger partial charge on any atom is -0.361 e. The number of amidine groups is 1. The highest BCUT2D eigenvalue weighted by atomic mass is 35.5. The molecule has 1 unspecified atom stereocenters. The van der Waals surface area contributed by atoms with Crippen LogP contribution < -0.4 is 10.6 Å². The molecular weight excluding hydrogens is 396 g/mol. The summed E-state index contributed by atoms with van der Waals surface area (Å²) in [7, 11) is 0. The molecule has 0 radical (unpaired) electrons. The molecule has 0 amide bonds. The van der Waals surface area contributed by atoms with Crippen molar-refractivity contribution in [3.8, 4) is 0 Å². The van der Waals surface area contributed by atoms with Gasteiger partial charge in [-0.3, -0.25) is 4.99 Å². The predicted molar refractivity (Wildman–Crippen MR) is 121 cm³/mol. The van der Waals surface area contributed by atoms with Gasteiger partial charge in [0.05, 0.1) is 16.3 Å². The maximum absolute atomic E-state index is 6.04. The van der Waals surface area contributed by atoms with Crippen molar-refractivity contribution in [1.29, 1.82) is 0 Å². The first kappa shape index (κ1) is 18.6. The molecule has 0 fully saturated rings. The fraction of sp³-hybridized carbons (Fsp3) is 0.300. The lowest BCUT2D eigenvalue weighted by atomic mass is 10.1. The SMILES string of the molecule is CCC1CSC(Nc2ccc(CCNc3nc4ccc(Cl)cc4s3)cc2)=N1. The zero-order chi connectivity index (χ0) is 18.6. The Morgan fingerprint density at radius 2 is 2.04 bits per heavy atom. The zero-order valence-corrected chi connectivity index (χ0v) is 17.4. The van der Waals surface area contributed by atoms with E-state index in [1.807, 2.05) is 18.2 Å². The smallest absolute Gasteiger partial charge is 0.183 e. The molecule has 0 bridgehead atoms. The van der Waals surface area contributed by atoms with Crippen LogP contribution in [0.15, 0.2) is 47.5 Å². The van der Waals surface area contributed by atoms with Gasteiger partial charge >= 0.3 is 0 Å². The van der Waals surface area contributed by atoms with E-state index in [1.165, 1.54) is 5.56 Å². The van der Waals surface area contributed by atoms with E-state index >= 15 is 0 Å². The second-order valence-electron chi connectivity index (χ2n) is 6.44. The van der Waals surface area contributed by atoms with Gasteiger partial charge in [-0.2, -0.15) is 0 Å². The number of benzene rings is 2. The van der Waals surface area contributed by atoms with Crippen molar-refractivity contribution in [2.45, 2.75) is 25.8 Å². The van der Waals surface area contributed by atoms with Crippen molar-refractivity contribution in [2.75, 3.05) is 22.9 Å². The maximum Gasteiger partial charge on any atom is 0.183 e. The molecule has 2 heterocycles. The molecule has 7 heteroatoms. The van der Waals surface area contributed by atoms with Gasteiger partial charge in [0.15, 0.2) is 10.3 Å². The zero-order valence-electron chi connectivity index (χ0n) is 15.0. The lowest BCUT2D eigenvalue weighted by molar-refractivity contribution is 0.738. The number of fused-ring (bicyclic) bond motifs is 1. The van der Waals surface area contributed by atoms with Crippen molar-refractivity contribution in [1.82, 2.24) is 4.98 Å². The van der Waals surface area contributed by atoms with Crippen LogP contribution in [0.2, 0.25) is 5.02 Å². The summed E-state index contributed by atoms with van der Waals surface area (Å²) in [5.74, 6) is 1.08. The summed E-state index contributed by atoms with van der Waals surface area (Å²) >= 11 is 9.48. The fourth-order valence-corrected chi connectivity index (χ4v) is 5.10. The highest BCUT2D eigenvalue weighted by Gasteiger charge is 2.16. The van der Waals surface area contributed by atoms with E-state index in [0.29, 0.717) is 6.04 Å². The van der Waals surface area contributed by atoms with Gasteiger partial charge in [0, 0.05) is 23.0 Å². The molecule has 0 saturated heterocycles. The van der Waals surface area contributed by atoms with Crippen LogP contribution in [0.1, 0.15) is 18.9 Å². The van der Waals surface area contributed by atoms with Gasteiger partial charge in [-0.15, -0.1) is 0 Å². The van der Waals surface area contributed by atoms with E-state index in [9.17, 15) is 0 Å². The molecule has 0 spiro atoms. The summed E-state index contributed by atoms with van der Waals surface area (Å²) in [6.07, 6.45) is 2.05. The minimum atomic E-state index is 0.460. The molecule has 27 heavy (non-hydrogen) atoms. The number of thioether (sulfide) groups is 1. The Labute approximate surface area is 172 Å². The Balaban J connectivity index is 1.29. The van der Waals surface area contributed by atoms with Crippen molar-refractivity contribution in [2.24, 2.45) is 4.99 Å². The van der Waals surface area contributed by atoms with Crippen LogP contribution in [0.4, 0.5) is 10.8 Å². The second-order valence-corrected chi connectivity index (χ2v) is 8.91. The third kappa shape index (κ3) is 4.75. The van der Waals surface area contributed by atoms with Crippen molar-refractivity contribution >= 4 is 60.9 Å². The third-order valence-corrected chi connectivity index (χ3v) is 6.67. The number of hydrogen-bond donors (Lipinski definition) is 2. The minimum absolute atomic E-state index is 0.460. The average Bonchev–Trinajstić information content (AvgIpc) is 3.29. The normalized spacial score (nSPS) is 16.5. The van der Waals surface area contributed by atoms with E-state index in [-0.39, 0.29) is 0 Å². The Morgan fingerprint density at radius 1 is 1.19 bits per heavy atom. The lowest BCUT2D eigenvalue weighted by Crippen LogP contribution is -2.06. The Bertz CT molecular complexity index is 952. The Kier molecular flexibility index (Phi) is 5.86. The molecule has 3 aromatic rings. The Hall–Kier alpha value is -1.76. The van der Waals surface area contributed by atoms with Gasteiger partial charge in [-0.05, 0) is 48.7 Å². The monoisotopic (exact) mass is 416 g/mol. The van der Waals surface area contributed by atoms with Crippen LogP contribution in [0.5, 0.6) is 0 Å². The average molecular weight is 417 g/mol. The Morgan fingerprint density at radius 3 is 2.81 bits per heavy atom. The van der Waals surface area contributed by atoms with E-state index in [2.05, 4.69) is 51.8 Å². The van der Waals surface area contributed by atoms with E-state index in [1.54, 1.807) is 23.1 Å². The summed E-state index contributed by atoms with van der Waals surface area (Å²) in [5.41, 5.74) is 3.38. The third-order valence-electron chi connectivity index (χ3n) is 4.43. The summed E-state index contributed by atoms with van der Waals surface area (Å²) in [4.78, 5) is 9.27. The van der Waals surface area contributed by atoms with Gasteiger partial charge in [0.1, 0.15) is 0 Å². The predicted octanol–water partition coefficient (Wildman–Crippen LogP) is 5.90. The highest BCUT2D eigenvalue weighted by Crippen LogP contribution is 2.28. The van der Waals surface area contributed by atoms with E-state index < -0.39 is 0 Å². The molecular formula is C20H21ClN4S2. The van der Waals surface area contributed by atoms with Crippen LogP contribution in [0.25, 0.3) is 10.2 Å². The number of rotatable bonds is 6. The summed E-state index contributed by atoms with van der Waals surface area (Å²) in [6, 6.07) is 14.8. The van der Waals surface area contributed by atoms with Crippen LogP contribution in [-0.2, 0) is 6.42 Å². The summed E-state index contributed by atoms with van der Waals surface area (Å²) in [6.45, 7) is 3.03. The van der Waals surface area contributed by atoms with Crippen LogP contribution >= 0.6 is 34.7 Å². The summed E-state index contributed by atoms with van der Waals surface area (Å²) in [5, 5.41) is 9.55. The molecule has 1 atom stereocenters. The number of nitrogens with zero attached hydrogens (tertiary/aromatic N) is 2. The quantitative estimate of drug-likeness (QED) is 0.525. The lowest BCUT2D eigenvalue weighted by Gasteiger charge is -2.07. The van der Waals surface area contributed by atoms with E-state index in [4.69, 9.17) is 11.6 Å². The molecule has 0 aliphatic carbocycles. The molecule has 4 rings (SSSR count). The first-order chi connectivity index (χ1) is 13.2. The van der Waals surface area contributed by atoms with E-state index in [0.717, 1.165) is 56.4 Å². The number of aromatic nitrogens is 1. The summed E-state index contributed by atoms with van der Waals surface area (Å²) < 4.78 is 1.11. The number of halogens is 1. The largest absolute Gasteiger partial charge is 0.361 e. The second kappa shape index (κ2) is 8.50. The van der Waals surface area contributed by atoms with Gasteiger partial charge in [-0.25, -0.2) is 4.98 Å². The number of anilines is 2. The molecule has 1 aliphatic heterocycles. The molecule has 2 N–H and O–H groups in total. The van der Waals surface area contributed by atoms with Crippen LogP contribution in [0, 0.1) is 0 Å².